The first-order valence-electron chi connectivity index (χ1n) is 11.9. The number of nitrogens with one attached hydrogen (secondary N) is 3. The first-order valence-corrected chi connectivity index (χ1v) is 12.8. The number of rotatable bonds is 11. The van der Waals surface area contributed by atoms with E-state index in [4.69, 9.17) is 14.7 Å². The van der Waals surface area contributed by atoms with Crippen LogP contribution in [0.4, 0.5) is 5.69 Å². The summed E-state index contributed by atoms with van der Waals surface area (Å²) in [6.45, 7) is -0.0190. The lowest BCUT2D eigenvalue weighted by molar-refractivity contribution is -0.245. The van der Waals surface area contributed by atoms with Crippen LogP contribution in [0.1, 0.15) is 54.8 Å². The molecule has 0 radical (unpaired) electrons. The number of aromatic amines is 1. The van der Waals surface area contributed by atoms with E-state index in [2.05, 4.69) is 20.5 Å². The molecule has 0 spiro atoms. The van der Waals surface area contributed by atoms with E-state index in [1.54, 1.807) is 17.6 Å². The number of thioether (sulfide) groups is 1. The molecular formula is C25H29N5O6S. The Morgan fingerprint density at radius 1 is 1.03 bits per heavy atom. The molecule has 1 aliphatic rings. The fourth-order valence-corrected chi connectivity index (χ4v) is 4.67. The number of nitrogens with zero attached hydrogens (tertiary/aromatic N) is 2. The summed E-state index contributed by atoms with van der Waals surface area (Å²) in [5.74, 6) is -0.0905. The molecule has 0 saturated carbocycles. The Morgan fingerprint density at radius 3 is 2.43 bits per heavy atom. The fraction of sp³-hybridized carbons (Fsp3) is 0.360. The first kappa shape index (κ1) is 26.8. The topological polar surface area (TPSA) is 159 Å². The van der Waals surface area contributed by atoms with Crippen molar-refractivity contribution in [1.82, 2.24) is 20.7 Å². The summed E-state index contributed by atoms with van der Waals surface area (Å²) in [4.78, 5) is 27.4. The van der Waals surface area contributed by atoms with Crippen molar-refractivity contribution in [3.8, 4) is 0 Å². The number of aliphatic hydroxyl groups is 1. The van der Waals surface area contributed by atoms with Gasteiger partial charge in [0.15, 0.2) is 11.4 Å². The van der Waals surface area contributed by atoms with Crippen molar-refractivity contribution < 1.29 is 29.4 Å². The van der Waals surface area contributed by atoms with E-state index >= 15 is 0 Å². The van der Waals surface area contributed by atoms with Gasteiger partial charge in [-0.05, 0) is 29.7 Å². The molecule has 4 rings (SSSR count). The molecular weight excluding hydrogens is 498 g/mol. The number of H-pyrrole nitrogens is 1. The van der Waals surface area contributed by atoms with E-state index in [1.165, 1.54) is 18.1 Å². The maximum Gasteiger partial charge on any atom is 0.243 e. The molecule has 3 atom stereocenters. The van der Waals surface area contributed by atoms with Crippen LogP contribution in [-0.2, 0) is 25.7 Å². The average molecular weight is 528 g/mol. The highest BCUT2D eigenvalue weighted by Gasteiger charge is 2.32. The standard InChI is InChI=1S/C25H29N5O6S/c31-13-16-4-6-17(7-5-16)21-12-20(14-37-25-26-15-27-29-25)35-24(36-21)18-8-10-19(11-9-18)28-22(32)2-1-3-23(33)30-34/h4-11,15,20-21,24,31,34H,1-3,12-14H2,(H,28,32)(H,30,33)(H,26,27,29). The van der Waals surface area contributed by atoms with Gasteiger partial charge in [0, 0.05) is 36.3 Å². The molecule has 1 aromatic heterocycles. The summed E-state index contributed by atoms with van der Waals surface area (Å²) in [6.07, 6.45) is 1.73. The van der Waals surface area contributed by atoms with Gasteiger partial charge < -0.3 is 19.9 Å². The highest BCUT2D eigenvalue weighted by molar-refractivity contribution is 7.99. The average Bonchev–Trinajstić information content (AvgIpc) is 3.46. The summed E-state index contributed by atoms with van der Waals surface area (Å²) < 4.78 is 12.6. The Kier molecular flexibility index (Phi) is 9.63. The zero-order chi connectivity index (χ0) is 26.0. The predicted octanol–water partition coefficient (Wildman–Crippen LogP) is 3.25. The molecule has 2 aromatic carbocycles. The summed E-state index contributed by atoms with van der Waals surface area (Å²) in [5.41, 5.74) is 4.81. The second-order valence-electron chi connectivity index (χ2n) is 8.51. The van der Waals surface area contributed by atoms with Crippen LogP contribution in [0.5, 0.6) is 0 Å². The quantitative estimate of drug-likeness (QED) is 0.143. The molecule has 3 unspecified atom stereocenters. The third-order valence-corrected chi connectivity index (χ3v) is 6.82. The lowest BCUT2D eigenvalue weighted by atomic mass is 10.0. The summed E-state index contributed by atoms with van der Waals surface area (Å²) >= 11 is 1.52. The van der Waals surface area contributed by atoms with Crippen LogP contribution >= 0.6 is 11.8 Å². The van der Waals surface area contributed by atoms with Gasteiger partial charge in [-0.15, -0.1) is 0 Å². The van der Waals surface area contributed by atoms with E-state index in [0.717, 1.165) is 16.7 Å². The third-order valence-electron chi connectivity index (χ3n) is 5.81. The van der Waals surface area contributed by atoms with Crippen LogP contribution in [0.25, 0.3) is 0 Å². The van der Waals surface area contributed by atoms with Gasteiger partial charge >= 0.3 is 0 Å². The third kappa shape index (κ3) is 7.84. The lowest BCUT2D eigenvalue weighted by Crippen LogP contribution is -2.31. The van der Waals surface area contributed by atoms with E-state index in [9.17, 15) is 14.7 Å². The number of hydrogen-bond donors (Lipinski definition) is 5. The van der Waals surface area contributed by atoms with E-state index in [-0.39, 0.29) is 37.6 Å². The van der Waals surface area contributed by atoms with Crippen molar-refractivity contribution in [3.05, 3.63) is 71.5 Å². The number of amides is 2. The molecule has 5 N–H and O–H groups in total. The minimum absolute atomic E-state index is 0.0190. The number of aliphatic hydroxyl groups excluding tert-OH is 1. The van der Waals surface area contributed by atoms with Crippen molar-refractivity contribution in [2.24, 2.45) is 0 Å². The monoisotopic (exact) mass is 527 g/mol. The van der Waals surface area contributed by atoms with E-state index in [0.29, 0.717) is 29.4 Å². The van der Waals surface area contributed by atoms with Gasteiger partial charge in [-0.1, -0.05) is 48.2 Å². The van der Waals surface area contributed by atoms with Crippen molar-refractivity contribution in [2.75, 3.05) is 11.1 Å². The van der Waals surface area contributed by atoms with Crippen molar-refractivity contribution in [1.29, 1.82) is 0 Å². The SMILES string of the molecule is O=C(CCCC(=O)Nc1ccc(C2OC(CSc3ncn[nH]3)CC(c3ccc(CO)cc3)O2)cc1)NO. The Hall–Kier alpha value is -3.29. The Morgan fingerprint density at radius 2 is 1.76 bits per heavy atom. The fourth-order valence-electron chi connectivity index (χ4n) is 3.87. The second kappa shape index (κ2) is 13.3. The van der Waals surface area contributed by atoms with Gasteiger partial charge in [0.05, 0.1) is 18.8 Å². The molecule has 0 bridgehead atoms. The molecule has 11 nitrogen and oxygen atoms in total. The predicted molar refractivity (Wildman–Crippen MR) is 134 cm³/mol. The van der Waals surface area contributed by atoms with Crippen LogP contribution in [0.2, 0.25) is 0 Å². The molecule has 0 aliphatic carbocycles. The number of benzene rings is 2. The maximum absolute atomic E-state index is 12.1. The van der Waals surface area contributed by atoms with Crippen LogP contribution in [0.3, 0.4) is 0 Å². The molecule has 1 fully saturated rings. The smallest absolute Gasteiger partial charge is 0.243 e. The highest BCUT2D eigenvalue weighted by atomic mass is 32.2. The van der Waals surface area contributed by atoms with Crippen LogP contribution in [-0.4, -0.2) is 49.2 Å². The van der Waals surface area contributed by atoms with E-state index in [1.807, 2.05) is 36.4 Å². The van der Waals surface area contributed by atoms with Crippen LogP contribution < -0.4 is 10.8 Å². The number of aromatic nitrogens is 3. The molecule has 37 heavy (non-hydrogen) atoms. The van der Waals surface area contributed by atoms with Gasteiger partial charge in [-0.3, -0.25) is 19.9 Å². The van der Waals surface area contributed by atoms with E-state index < -0.39 is 12.2 Å². The molecule has 1 saturated heterocycles. The Balaban J connectivity index is 1.41. The number of carbonyl (C=O) groups excluding carboxylic acids is 2. The number of hydroxylamine groups is 1. The van der Waals surface area contributed by atoms with Gasteiger partial charge in [0.1, 0.15) is 6.33 Å². The van der Waals surface area contributed by atoms with Crippen LogP contribution in [0, 0.1) is 0 Å². The number of hydrogen-bond acceptors (Lipinski definition) is 9. The number of anilines is 1. The number of ether oxygens (including phenoxy) is 2. The molecule has 1 aliphatic heterocycles. The molecule has 12 heteroatoms. The zero-order valence-corrected chi connectivity index (χ0v) is 20.8. The van der Waals surface area contributed by atoms with Gasteiger partial charge in [0.25, 0.3) is 0 Å². The second-order valence-corrected chi connectivity index (χ2v) is 9.52. The lowest BCUT2D eigenvalue weighted by Gasteiger charge is -2.36. The highest BCUT2D eigenvalue weighted by Crippen LogP contribution is 2.39. The Bertz CT molecular complexity index is 1140. The minimum Gasteiger partial charge on any atom is -0.392 e. The minimum atomic E-state index is -0.613. The van der Waals surface area contributed by atoms with Crippen molar-refractivity contribution >= 4 is 29.3 Å². The summed E-state index contributed by atoms with van der Waals surface area (Å²) in [7, 11) is 0. The zero-order valence-electron chi connectivity index (χ0n) is 20.0. The van der Waals surface area contributed by atoms with Gasteiger partial charge in [0.2, 0.25) is 11.8 Å². The van der Waals surface area contributed by atoms with Crippen molar-refractivity contribution in [2.45, 2.75) is 55.9 Å². The van der Waals surface area contributed by atoms with Gasteiger partial charge in [-0.2, -0.15) is 5.10 Å². The molecule has 196 valence electrons. The molecule has 2 amide bonds. The Labute approximate surface area is 217 Å². The van der Waals surface area contributed by atoms with Crippen LogP contribution in [0.15, 0.2) is 60.0 Å². The molecule has 2 heterocycles. The largest absolute Gasteiger partial charge is 0.392 e. The van der Waals surface area contributed by atoms with Crippen molar-refractivity contribution in [3.63, 3.8) is 0 Å². The van der Waals surface area contributed by atoms with Gasteiger partial charge in [-0.25, -0.2) is 10.5 Å². The summed E-state index contributed by atoms with van der Waals surface area (Å²) in [6, 6.07) is 14.9. The maximum atomic E-state index is 12.1. The molecule has 3 aromatic rings. The first-order chi connectivity index (χ1) is 18.0. The normalized spacial score (nSPS) is 19.4. The number of carbonyl (C=O) groups is 2. The summed E-state index contributed by atoms with van der Waals surface area (Å²) in [5, 5.41) is 28.1.